The number of hydrogen-bond donors (Lipinski definition) is 2. The Morgan fingerprint density at radius 2 is 1.51 bits per heavy atom. The van der Waals surface area contributed by atoms with Gasteiger partial charge >= 0.3 is 12.1 Å². The Labute approximate surface area is 268 Å². The van der Waals surface area contributed by atoms with E-state index in [0.29, 0.717) is 12.0 Å². The maximum absolute atomic E-state index is 14.3. The third-order valence-electron chi connectivity index (χ3n) is 7.09. The van der Waals surface area contributed by atoms with Crippen LogP contribution in [0, 0.1) is 5.92 Å². The molecule has 2 rings (SSSR count). The minimum atomic E-state index is -1.13. The summed E-state index contributed by atoms with van der Waals surface area (Å²) in [5, 5.41) is 5.65. The Morgan fingerprint density at radius 3 is 2.04 bits per heavy atom. The van der Waals surface area contributed by atoms with Gasteiger partial charge in [0.1, 0.15) is 29.3 Å². The van der Waals surface area contributed by atoms with Crippen LogP contribution < -0.4 is 10.6 Å². The van der Waals surface area contributed by atoms with Gasteiger partial charge in [-0.15, -0.1) is 0 Å². The molecule has 246 valence electrons. The normalized spacial score (nSPS) is 14.2. The summed E-state index contributed by atoms with van der Waals surface area (Å²) >= 11 is 0. The number of nitrogens with zero attached hydrogens (tertiary/aromatic N) is 1. The van der Waals surface area contributed by atoms with Crippen LogP contribution in [0.25, 0.3) is 6.08 Å². The molecule has 2 N–H and O–H groups in total. The number of esters is 1. The fourth-order valence-corrected chi connectivity index (χ4v) is 4.76. The molecule has 0 aliphatic rings. The molecule has 9 nitrogen and oxygen atoms in total. The number of likely N-dealkylation sites (N-methyl/N-ethyl adjacent to an activating group) is 1. The lowest BCUT2D eigenvalue weighted by molar-refractivity contribution is -0.159. The van der Waals surface area contributed by atoms with E-state index in [2.05, 4.69) is 17.2 Å². The highest BCUT2D eigenvalue weighted by Gasteiger charge is 2.39. The highest BCUT2D eigenvalue weighted by atomic mass is 16.6. The van der Waals surface area contributed by atoms with Crippen molar-refractivity contribution in [2.75, 3.05) is 6.54 Å². The van der Waals surface area contributed by atoms with Gasteiger partial charge in [-0.3, -0.25) is 9.59 Å². The molecule has 0 spiro atoms. The summed E-state index contributed by atoms with van der Waals surface area (Å²) in [4.78, 5) is 56.3. The summed E-state index contributed by atoms with van der Waals surface area (Å²) in [5.74, 6) is -1.86. The van der Waals surface area contributed by atoms with Gasteiger partial charge in [0.05, 0.1) is 0 Å². The summed E-state index contributed by atoms with van der Waals surface area (Å²) in [5.41, 5.74) is 0.577. The number of rotatable bonds is 13. The lowest BCUT2D eigenvalue weighted by atomic mass is 9.95. The molecule has 0 bridgehead atoms. The van der Waals surface area contributed by atoms with Gasteiger partial charge in [0.2, 0.25) is 11.8 Å². The second-order valence-electron chi connectivity index (χ2n) is 13.2. The van der Waals surface area contributed by atoms with Gasteiger partial charge < -0.3 is 25.0 Å². The zero-order valence-electron chi connectivity index (χ0n) is 28.3. The molecule has 0 aliphatic heterocycles. The molecule has 2 aromatic rings. The molecule has 0 radical (unpaired) electrons. The third-order valence-corrected chi connectivity index (χ3v) is 7.09. The minimum absolute atomic E-state index is 0.147. The van der Waals surface area contributed by atoms with Crippen molar-refractivity contribution in [3.63, 3.8) is 0 Å². The van der Waals surface area contributed by atoms with Crippen LogP contribution in [0.15, 0.2) is 61.2 Å². The Kier molecular flexibility index (Phi) is 13.4. The molecule has 0 saturated carbocycles. The quantitative estimate of drug-likeness (QED) is 0.257. The summed E-state index contributed by atoms with van der Waals surface area (Å²) < 4.78 is 11.2. The summed E-state index contributed by atoms with van der Waals surface area (Å²) in [6.07, 6.45) is 1.71. The standard InChI is InChI=1S/C36H51N3O6/c1-11-24(4)29(38-34(43)45-36(8,9)10)32(41)39(13-3)30(27-21-17-20-25(12-2)22-27)31(40)37-28(33(42)44-35(5,6)7)23-26-18-15-14-16-19-26/h12,14-22,24,28-30H,2,11,13,23H2,1,3-10H3,(H,37,40)(H,38,43). The number of benzene rings is 2. The molecular formula is C36H51N3O6. The predicted molar refractivity (Wildman–Crippen MR) is 177 cm³/mol. The van der Waals surface area contributed by atoms with Gasteiger partial charge in [0.25, 0.3) is 0 Å². The lowest BCUT2D eigenvalue weighted by Crippen LogP contribution is -2.56. The van der Waals surface area contributed by atoms with Crippen molar-refractivity contribution in [3.8, 4) is 0 Å². The van der Waals surface area contributed by atoms with Crippen molar-refractivity contribution >= 4 is 30.0 Å². The van der Waals surface area contributed by atoms with Crippen LogP contribution in [0.5, 0.6) is 0 Å². The first kappa shape index (κ1) is 37.0. The summed E-state index contributed by atoms with van der Waals surface area (Å²) in [6, 6.07) is 13.4. The van der Waals surface area contributed by atoms with E-state index in [1.807, 2.05) is 50.2 Å². The SMILES string of the molecule is C=Cc1cccc(C(C(=O)NC(Cc2ccccc2)C(=O)OC(C)(C)C)N(CC)C(=O)C(NC(=O)OC(C)(C)C)C(C)CC)c1. The smallest absolute Gasteiger partial charge is 0.408 e. The van der Waals surface area contributed by atoms with E-state index in [4.69, 9.17) is 9.47 Å². The van der Waals surface area contributed by atoms with Crippen molar-refractivity contribution in [2.24, 2.45) is 5.92 Å². The number of carbonyl (C=O) groups is 4. The molecule has 4 unspecified atom stereocenters. The Hall–Kier alpha value is -4.14. The average molecular weight is 622 g/mol. The van der Waals surface area contributed by atoms with Crippen LogP contribution in [0.3, 0.4) is 0 Å². The van der Waals surface area contributed by atoms with Gasteiger partial charge in [0.15, 0.2) is 0 Å². The van der Waals surface area contributed by atoms with E-state index in [1.165, 1.54) is 4.90 Å². The first-order valence-corrected chi connectivity index (χ1v) is 15.6. The topological polar surface area (TPSA) is 114 Å². The molecule has 0 heterocycles. The average Bonchev–Trinajstić information content (AvgIpc) is 2.96. The molecular weight excluding hydrogens is 570 g/mol. The van der Waals surface area contributed by atoms with Crippen molar-refractivity contribution < 1.29 is 28.7 Å². The number of alkyl carbamates (subject to hydrolysis) is 1. The molecule has 0 fully saturated rings. The number of amides is 3. The predicted octanol–water partition coefficient (Wildman–Crippen LogP) is 6.23. The molecule has 2 aromatic carbocycles. The second kappa shape index (κ2) is 16.3. The first-order chi connectivity index (χ1) is 21.0. The van der Waals surface area contributed by atoms with Crippen LogP contribution in [-0.2, 0) is 30.3 Å². The lowest BCUT2D eigenvalue weighted by Gasteiger charge is -2.36. The van der Waals surface area contributed by atoms with E-state index in [1.54, 1.807) is 72.7 Å². The molecule has 0 aliphatic carbocycles. The second-order valence-corrected chi connectivity index (χ2v) is 13.2. The van der Waals surface area contributed by atoms with Crippen molar-refractivity contribution in [1.29, 1.82) is 0 Å². The van der Waals surface area contributed by atoms with Crippen molar-refractivity contribution in [1.82, 2.24) is 15.5 Å². The molecule has 0 saturated heterocycles. The molecule has 3 amide bonds. The van der Waals surface area contributed by atoms with E-state index < -0.39 is 53.2 Å². The highest BCUT2D eigenvalue weighted by Crippen LogP contribution is 2.26. The maximum Gasteiger partial charge on any atom is 0.408 e. The number of nitrogens with one attached hydrogen (secondary N) is 2. The Balaban J connectivity index is 2.58. The Morgan fingerprint density at radius 1 is 0.889 bits per heavy atom. The van der Waals surface area contributed by atoms with Crippen LogP contribution >= 0.6 is 0 Å². The van der Waals surface area contributed by atoms with Gasteiger partial charge in [-0.2, -0.15) is 0 Å². The van der Waals surface area contributed by atoms with Crippen LogP contribution in [0.2, 0.25) is 0 Å². The molecule has 9 heteroatoms. The number of ether oxygens (including phenoxy) is 2. The zero-order valence-corrected chi connectivity index (χ0v) is 28.3. The van der Waals surface area contributed by atoms with Gasteiger partial charge in [-0.25, -0.2) is 9.59 Å². The van der Waals surface area contributed by atoms with Crippen LogP contribution in [0.1, 0.15) is 91.5 Å². The van der Waals surface area contributed by atoms with Gasteiger partial charge in [0, 0.05) is 13.0 Å². The van der Waals surface area contributed by atoms with Crippen molar-refractivity contribution in [2.45, 2.75) is 104 Å². The molecule has 4 atom stereocenters. The van der Waals surface area contributed by atoms with E-state index >= 15 is 0 Å². The number of hydrogen-bond acceptors (Lipinski definition) is 6. The van der Waals surface area contributed by atoms with E-state index in [0.717, 1.165) is 11.1 Å². The van der Waals surface area contributed by atoms with E-state index in [-0.39, 0.29) is 18.9 Å². The number of carbonyl (C=O) groups excluding carboxylic acids is 4. The van der Waals surface area contributed by atoms with Crippen molar-refractivity contribution in [3.05, 3.63) is 77.9 Å². The van der Waals surface area contributed by atoms with Gasteiger partial charge in [-0.1, -0.05) is 81.5 Å². The Bertz CT molecular complexity index is 1310. The minimum Gasteiger partial charge on any atom is -0.458 e. The van der Waals surface area contributed by atoms with Crippen LogP contribution in [0.4, 0.5) is 4.79 Å². The fourth-order valence-electron chi connectivity index (χ4n) is 4.76. The van der Waals surface area contributed by atoms with Crippen LogP contribution in [-0.4, -0.2) is 58.6 Å². The third kappa shape index (κ3) is 11.7. The molecule has 0 aromatic heterocycles. The monoisotopic (exact) mass is 621 g/mol. The largest absolute Gasteiger partial charge is 0.458 e. The zero-order chi connectivity index (χ0) is 33.9. The maximum atomic E-state index is 14.3. The summed E-state index contributed by atoms with van der Waals surface area (Å²) in [6.45, 7) is 20.1. The fraction of sp³-hybridized carbons (Fsp3) is 0.500. The molecule has 45 heavy (non-hydrogen) atoms. The first-order valence-electron chi connectivity index (χ1n) is 15.6. The van der Waals surface area contributed by atoms with E-state index in [9.17, 15) is 19.2 Å². The highest BCUT2D eigenvalue weighted by molar-refractivity contribution is 5.94. The summed E-state index contributed by atoms with van der Waals surface area (Å²) in [7, 11) is 0. The van der Waals surface area contributed by atoms with Gasteiger partial charge in [-0.05, 0) is 77.1 Å².